The molecule has 9 atom stereocenters. The van der Waals surface area contributed by atoms with Gasteiger partial charge < -0.3 is 47.4 Å². The molecule has 0 bridgehead atoms. The predicted molar refractivity (Wildman–Crippen MR) is 142 cm³/mol. The SMILES string of the molecule is CC(=O)OC[C@H]1O[C@H](O[C@]2(COC(C)=O)O[C@H](CN=[N+]=[N-])[C@@H](OC(C)=O)[C@@H]2OC(C)=O)[C@H](OC(C)=O)[C@@H](OC(C)=O)[C@@H]1OC(C)=O. The van der Waals surface area contributed by atoms with Crippen LogP contribution in [0.1, 0.15) is 48.5 Å². The Hall–Kier alpha value is -4.52. The lowest BCUT2D eigenvalue weighted by atomic mass is 9.97. The van der Waals surface area contributed by atoms with E-state index in [4.69, 9.17) is 52.9 Å². The highest BCUT2D eigenvalue weighted by atomic mass is 16.8. The van der Waals surface area contributed by atoms with Crippen LogP contribution in [0.25, 0.3) is 10.4 Å². The van der Waals surface area contributed by atoms with Gasteiger partial charge in [0.05, 0.1) is 6.54 Å². The first kappa shape index (κ1) is 37.7. The van der Waals surface area contributed by atoms with Crippen LogP contribution in [0.4, 0.5) is 0 Å². The summed E-state index contributed by atoms with van der Waals surface area (Å²) in [6.07, 6.45) is -13.1. The number of carbonyl (C=O) groups is 7. The summed E-state index contributed by atoms with van der Waals surface area (Å²) in [4.78, 5) is 87.2. The van der Waals surface area contributed by atoms with E-state index in [9.17, 15) is 33.6 Å². The van der Waals surface area contributed by atoms with Crippen LogP contribution in [-0.4, -0.2) is 116 Å². The fourth-order valence-corrected chi connectivity index (χ4v) is 4.69. The van der Waals surface area contributed by atoms with Crippen molar-refractivity contribution >= 4 is 41.8 Å². The van der Waals surface area contributed by atoms with Gasteiger partial charge >= 0.3 is 41.8 Å². The van der Waals surface area contributed by atoms with Crippen LogP contribution in [0.3, 0.4) is 0 Å². The Morgan fingerprint density at radius 1 is 0.652 bits per heavy atom. The van der Waals surface area contributed by atoms with Crippen LogP contribution in [0.15, 0.2) is 5.11 Å². The van der Waals surface area contributed by atoms with Gasteiger partial charge in [0.25, 0.3) is 0 Å². The first-order valence-corrected chi connectivity index (χ1v) is 13.6. The van der Waals surface area contributed by atoms with Crippen molar-refractivity contribution in [2.45, 2.75) is 103 Å². The highest BCUT2D eigenvalue weighted by Gasteiger charge is 2.64. The Labute approximate surface area is 261 Å². The van der Waals surface area contributed by atoms with Crippen LogP contribution < -0.4 is 0 Å². The van der Waals surface area contributed by atoms with Crippen LogP contribution in [0.2, 0.25) is 0 Å². The summed E-state index contributed by atoms with van der Waals surface area (Å²) < 4.78 is 55.2. The molecule has 0 N–H and O–H groups in total. The maximum absolute atomic E-state index is 12.3. The van der Waals surface area contributed by atoms with Crippen molar-refractivity contribution in [1.29, 1.82) is 0 Å². The van der Waals surface area contributed by atoms with Gasteiger partial charge in [-0.3, -0.25) is 33.6 Å². The molecule has 0 aromatic rings. The van der Waals surface area contributed by atoms with E-state index in [0.29, 0.717) is 0 Å². The second-order valence-electron chi connectivity index (χ2n) is 9.95. The van der Waals surface area contributed by atoms with Gasteiger partial charge in [-0.05, 0) is 5.53 Å². The Kier molecular flexibility index (Phi) is 13.7. The molecule has 2 rings (SSSR count). The van der Waals surface area contributed by atoms with Gasteiger partial charge in [-0.15, -0.1) is 0 Å². The highest BCUT2D eigenvalue weighted by Crippen LogP contribution is 2.41. The Bertz CT molecular complexity index is 1240. The lowest BCUT2D eigenvalue weighted by Gasteiger charge is -2.46. The average Bonchev–Trinajstić information content (AvgIpc) is 3.18. The number of nitrogens with zero attached hydrogens (tertiary/aromatic N) is 3. The van der Waals surface area contributed by atoms with Crippen LogP contribution in [0, 0.1) is 0 Å². The summed E-state index contributed by atoms with van der Waals surface area (Å²) >= 11 is 0. The van der Waals surface area contributed by atoms with E-state index in [1.165, 1.54) is 0 Å². The molecular weight excluding hydrogens is 626 g/mol. The van der Waals surface area contributed by atoms with E-state index in [1.807, 2.05) is 0 Å². The van der Waals surface area contributed by atoms with Crippen LogP contribution >= 0.6 is 0 Å². The zero-order valence-electron chi connectivity index (χ0n) is 26.0. The molecule has 0 aromatic heterocycles. The summed E-state index contributed by atoms with van der Waals surface area (Å²) in [5.74, 6) is -8.73. The molecular formula is C26H35N3O17. The second-order valence-corrected chi connectivity index (χ2v) is 9.95. The van der Waals surface area contributed by atoms with Gasteiger partial charge in [0, 0.05) is 53.4 Å². The maximum atomic E-state index is 12.3. The van der Waals surface area contributed by atoms with E-state index in [2.05, 4.69) is 10.0 Å². The number of carbonyl (C=O) groups excluding carboxylic acids is 7. The van der Waals surface area contributed by atoms with Crippen molar-refractivity contribution in [2.24, 2.45) is 5.11 Å². The van der Waals surface area contributed by atoms with Gasteiger partial charge in [0.1, 0.15) is 25.4 Å². The minimum atomic E-state index is -2.46. The number of hydrogen-bond acceptors (Lipinski definition) is 18. The molecule has 2 fully saturated rings. The average molecular weight is 662 g/mol. The molecule has 0 radical (unpaired) electrons. The smallest absolute Gasteiger partial charge is 0.303 e. The van der Waals surface area contributed by atoms with Crippen LogP contribution in [-0.2, 0) is 80.9 Å². The molecule has 2 saturated heterocycles. The number of azide groups is 1. The van der Waals surface area contributed by atoms with Gasteiger partial charge in [-0.1, -0.05) is 5.11 Å². The first-order valence-electron chi connectivity index (χ1n) is 13.6. The Morgan fingerprint density at radius 2 is 1.15 bits per heavy atom. The maximum Gasteiger partial charge on any atom is 0.303 e. The molecule has 256 valence electrons. The van der Waals surface area contributed by atoms with E-state index in [1.54, 1.807) is 0 Å². The molecule has 0 saturated carbocycles. The van der Waals surface area contributed by atoms with Gasteiger partial charge in [-0.25, -0.2) is 0 Å². The summed E-state index contributed by atoms with van der Waals surface area (Å²) in [7, 11) is 0. The Balaban J connectivity index is 2.79. The molecule has 20 heteroatoms. The molecule has 2 aliphatic heterocycles. The fourth-order valence-electron chi connectivity index (χ4n) is 4.69. The molecule has 0 aromatic carbocycles. The van der Waals surface area contributed by atoms with E-state index in [-0.39, 0.29) is 0 Å². The summed E-state index contributed by atoms with van der Waals surface area (Å²) in [6, 6.07) is 0. The first-order chi connectivity index (χ1) is 21.5. The molecule has 0 amide bonds. The molecule has 0 spiro atoms. The molecule has 0 unspecified atom stereocenters. The lowest BCUT2D eigenvalue weighted by molar-refractivity contribution is -0.383. The Morgan fingerprint density at radius 3 is 1.65 bits per heavy atom. The second kappa shape index (κ2) is 16.7. The van der Waals surface area contributed by atoms with Gasteiger partial charge in [-0.2, -0.15) is 0 Å². The molecule has 46 heavy (non-hydrogen) atoms. The number of hydrogen-bond donors (Lipinski definition) is 0. The van der Waals surface area contributed by atoms with Gasteiger partial charge in [0.15, 0.2) is 30.5 Å². The van der Waals surface area contributed by atoms with E-state index >= 15 is 0 Å². The van der Waals surface area contributed by atoms with Gasteiger partial charge in [0.2, 0.25) is 12.1 Å². The topological polar surface area (TPSA) is 261 Å². The largest absolute Gasteiger partial charge is 0.463 e. The highest BCUT2D eigenvalue weighted by molar-refractivity contribution is 5.69. The third-order valence-corrected chi connectivity index (χ3v) is 6.11. The van der Waals surface area contributed by atoms with Crippen LogP contribution in [0.5, 0.6) is 0 Å². The van der Waals surface area contributed by atoms with Crippen molar-refractivity contribution in [3.8, 4) is 0 Å². The summed E-state index contributed by atoms with van der Waals surface area (Å²) in [5.41, 5.74) is 8.93. The number of esters is 7. The normalized spacial score (nSPS) is 30.1. The standard InChI is InChI=1S/C26H35N3O17/c1-11(30)37-9-19-20(39-13(3)32)22(41-15(5)34)23(42-16(6)35)25(44-19)46-26(10-38-12(2)31)24(43-17(7)36)21(40-14(4)33)18(45-26)8-28-29-27/h18-25H,8-10H2,1-7H3/t18-,19-,20-,21-,22+,23-,24+,25-,26+/m1/s1. The predicted octanol–water partition coefficient (Wildman–Crippen LogP) is -0.0820. The van der Waals surface area contributed by atoms with Crippen molar-refractivity contribution in [3.63, 3.8) is 0 Å². The van der Waals surface area contributed by atoms with Crippen molar-refractivity contribution in [2.75, 3.05) is 19.8 Å². The molecule has 2 aliphatic rings. The minimum absolute atomic E-state index is 0.518. The summed E-state index contributed by atoms with van der Waals surface area (Å²) in [6.45, 7) is 5.13. The molecule has 20 nitrogen and oxygen atoms in total. The fraction of sp³-hybridized carbons (Fsp3) is 0.731. The van der Waals surface area contributed by atoms with Crippen molar-refractivity contribution in [3.05, 3.63) is 10.4 Å². The molecule has 0 aliphatic carbocycles. The zero-order chi connectivity index (χ0) is 34.8. The quantitative estimate of drug-likeness (QED) is 0.0821. The lowest BCUT2D eigenvalue weighted by Crippen LogP contribution is -2.65. The third kappa shape index (κ3) is 10.5. The van der Waals surface area contributed by atoms with E-state index < -0.39 is 116 Å². The molecule has 2 heterocycles. The number of ether oxygens (including phenoxy) is 10. The number of rotatable bonds is 13. The van der Waals surface area contributed by atoms with Crippen molar-refractivity contribution in [1.82, 2.24) is 0 Å². The van der Waals surface area contributed by atoms with E-state index in [0.717, 1.165) is 48.5 Å². The van der Waals surface area contributed by atoms with Crippen molar-refractivity contribution < 1.29 is 80.9 Å². The minimum Gasteiger partial charge on any atom is -0.463 e. The summed E-state index contributed by atoms with van der Waals surface area (Å²) in [5, 5.41) is 3.43. The zero-order valence-corrected chi connectivity index (χ0v) is 26.0. The monoisotopic (exact) mass is 661 g/mol. The third-order valence-electron chi connectivity index (χ3n) is 6.11.